The van der Waals surface area contributed by atoms with Gasteiger partial charge in [0.1, 0.15) is 24.7 Å². The van der Waals surface area contributed by atoms with Crippen LogP contribution in [0.25, 0.3) is 21.7 Å². The number of benzene rings is 2. The Hall–Kier alpha value is -3.46. The van der Waals surface area contributed by atoms with E-state index >= 15 is 0 Å². The molecular formula is C30H33NO6S. The third kappa shape index (κ3) is 7.10. The fraction of sp³-hybridized carbons (Fsp3) is 0.333. The lowest BCUT2D eigenvalue weighted by Gasteiger charge is -2.15. The second-order valence-corrected chi connectivity index (χ2v) is 9.88. The average molecular weight is 536 g/mol. The van der Waals surface area contributed by atoms with Crippen molar-refractivity contribution < 1.29 is 28.3 Å². The van der Waals surface area contributed by atoms with Crippen molar-refractivity contribution in [3.8, 4) is 27.4 Å². The molecule has 0 radical (unpaired) electrons. The zero-order chi connectivity index (χ0) is 26.9. The Bertz CT molecular complexity index is 1310. The number of esters is 1. The van der Waals surface area contributed by atoms with Crippen LogP contribution in [-0.4, -0.2) is 37.6 Å². The van der Waals surface area contributed by atoms with Crippen molar-refractivity contribution >= 4 is 17.3 Å². The van der Waals surface area contributed by atoms with Crippen LogP contribution in [0.1, 0.15) is 35.6 Å². The first-order chi connectivity index (χ1) is 18.5. The molecule has 1 atom stereocenters. The van der Waals surface area contributed by atoms with Gasteiger partial charge in [-0.25, -0.2) is 4.79 Å². The molecule has 7 nitrogen and oxygen atoms in total. The molecule has 0 saturated heterocycles. The molecule has 4 rings (SSSR count). The first-order valence-electron chi connectivity index (χ1n) is 12.6. The fourth-order valence-electron chi connectivity index (χ4n) is 4.00. The lowest BCUT2D eigenvalue weighted by Crippen LogP contribution is -2.28. The summed E-state index contributed by atoms with van der Waals surface area (Å²) in [5.41, 5.74) is 5.11. The van der Waals surface area contributed by atoms with Crippen LogP contribution in [0.15, 0.2) is 65.2 Å². The van der Waals surface area contributed by atoms with Gasteiger partial charge in [-0.1, -0.05) is 41.6 Å². The molecule has 0 bridgehead atoms. The summed E-state index contributed by atoms with van der Waals surface area (Å²) in [6.07, 6.45) is -0.138. The number of hydrogen-bond donors (Lipinski definition) is 0. The number of hydrogen-bond acceptors (Lipinski definition) is 8. The number of aromatic nitrogens is 1. The molecule has 0 N–H and O–H groups in total. The minimum Gasteiger partial charge on any atom is -0.488 e. The number of thiophene rings is 1. The Morgan fingerprint density at radius 1 is 0.974 bits per heavy atom. The van der Waals surface area contributed by atoms with Crippen LogP contribution in [0.5, 0.6) is 5.75 Å². The van der Waals surface area contributed by atoms with Gasteiger partial charge in [0.05, 0.1) is 6.61 Å². The SMILES string of the molecule is CCOC(=O)[C@H](Cc1ccc(OCc2sc(-c3ccc(-c4cc(COC)on4)cc3)cc2C)cc1)OCC. The Kier molecular flexibility index (Phi) is 9.70. The summed E-state index contributed by atoms with van der Waals surface area (Å²) in [6.45, 7) is 7.44. The standard InChI is InChI=1S/C30H33NO6S/c1-5-34-27(30(32)35-6-2)16-21-7-13-24(14-8-21)36-19-29-20(3)15-28(38-29)23-11-9-22(10-12-23)26-17-25(18-33-4)37-31-26/h7-15,17,27H,5-6,16,18-19H2,1-4H3/t27-/m0/s1. The van der Waals surface area contributed by atoms with E-state index in [2.05, 4.69) is 42.4 Å². The summed E-state index contributed by atoms with van der Waals surface area (Å²) < 4.78 is 27.2. The monoisotopic (exact) mass is 535 g/mol. The minimum absolute atomic E-state index is 0.331. The van der Waals surface area contributed by atoms with Crippen LogP contribution in [0.4, 0.5) is 0 Å². The Morgan fingerprint density at radius 3 is 2.39 bits per heavy atom. The number of nitrogens with zero attached hydrogens (tertiary/aromatic N) is 1. The maximum atomic E-state index is 12.1. The summed E-state index contributed by atoms with van der Waals surface area (Å²) in [5.74, 6) is 1.14. The molecule has 0 aliphatic rings. The Labute approximate surface area is 227 Å². The van der Waals surface area contributed by atoms with E-state index < -0.39 is 6.10 Å². The number of rotatable bonds is 13. The molecule has 38 heavy (non-hydrogen) atoms. The molecule has 200 valence electrons. The fourth-order valence-corrected chi connectivity index (χ4v) is 5.09. The smallest absolute Gasteiger partial charge is 0.335 e. The van der Waals surface area contributed by atoms with E-state index in [-0.39, 0.29) is 5.97 Å². The first kappa shape index (κ1) is 27.6. The minimum atomic E-state index is -0.600. The van der Waals surface area contributed by atoms with Crippen LogP contribution in [0.2, 0.25) is 0 Å². The van der Waals surface area contributed by atoms with Gasteiger partial charge in [0.2, 0.25) is 0 Å². The van der Waals surface area contributed by atoms with Crippen molar-refractivity contribution in [1.29, 1.82) is 0 Å². The van der Waals surface area contributed by atoms with Crippen LogP contribution in [0, 0.1) is 6.92 Å². The molecular weight excluding hydrogens is 502 g/mol. The number of aryl methyl sites for hydroxylation is 1. The van der Waals surface area contributed by atoms with Crippen molar-refractivity contribution in [3.05, 3.63) is 82.4 Å². The van der Waals surface area contributed by atoms with Crippen molar-refractivity contribution in [2.75, 3.05) is 20.3 Å². The quantitative estimate of drug-likeness (QED) is 0.178. The summed E-state index contributed by atoms with van der Waals surface area (Å²) in [6, 6.07) is 20.2. The van der Waals surface area contributed by atoms with E-state index in [9.17, 15) is 4.79 Å². The summed E-state index contributed by atoms with van der Waals surface area (Å²) in [5, 5.41) is 4.13. The van der Waals surface area contributed by atoms with Gasteiger partial charge in [-0.3, -0.25) is 0 Å². The van der Waals surface area contributed by atoms with Crippen molar-refractivity contribution in [1.82, 2.24) is 5.16 Å². The van der Waals surface area contributed by atoms with Crippen molar-refractivity contribution in [2.45, 2.75) is 46.5 Å². The zero-order valence-electron chi connectivity index (χ0n) is 22.2. The molecule has 4 aromatic rings. The van der Waals surface area contributed by atoms with Crippen molar-refractivity contribution in [2.24, 2.45) is 0 Å². The second-order valence-electron chi connectivity index (χ2n) is 8.74. The molecule has 0 fully saturated rings. The normalized spacial score (nSPS) is 11.9. The van der Waals surface area contributed by atoms with Crippen LogP contribution in [0.3, 0.4) is 0 Å². The van der Waals surface area contributed by atoms with Gasteiger partial charge in [0.15, 0.2) is 11.9 Å². The predicted octanol–water partition coefficient (Wildman–Crippen LogP) is 6.61. The van der Waals surface area contributed by atoms with Crippen molar-refractivity contribution in [3.63, 3.8) is 0 Å². The molecule has 0 amide bonds. The largest absolute Gasteiger partial charge is 0.488 e. The predicted molar refractivity (Wildman–Crippen MR) is 147 cm³/mol. The summed E-state index contributed by atoms with van der Waals surface area (Å²) >= 11 is 1.73. The second kappa shape index (κ2) is 13.4. The summed E-state index contributed by atoms with van der Waals surface area (Å²) in [4.78, 5) is 14.5. The summed E-state index contributed by atoms with van der Waals surface area (Å²) in [7, 11) is 1.63. The Morgan fingerprint density at radius 2 is 1.71 bits per heavy atom. The topological polar surface area (TPSA) is 80.0 Å². The maximum Gasteiger partial charge on any atom is 0.335 e. The number of methoxy groups -OCH3 is 1. The van der Waals surface area contributed by atoms with Gasteiger partial charge in [0, 0.05) is 41.5 Å². The molecule has 2 aromatic carbocycles. The Balaban J connectivity index is 1.36. The van der Waals surface area contributed by atoms with Gasteiger partial charge in [0.25, 0.3) is 0 Å². The highest BCUT2D eigenvalue weighted by molar-refractivity contribution is 7.15. The van der Waals surface area contributed by atoms with E-state index in [1.807, 2.05) is 37.3 Å². The lowest BCUT2D eigenvalue weighted by molar-refractivity contribution is -0.156. The molecule has 0 aliphatic heterocycles. The third-order valence-electron chi connectivity index (χ3n) is 5.96. The lowest BCUT2D eigenvalue weighted by atomic mass is 10.1. The van der Waals surface area contributed by atoms with E-state index in [1.54, 1.807) is 25.4 Å². The highest BCUT2D eigenvalue weighted by Crippen LogP contribution is 2.33. The molecule has 2 aromatic heterocycles. The van der Waals surface area contributed by atoms with Gasteiger partial charge in [-0.15, -0.1) is 11.3 Å². The van der Waals surface area contributed by atoms with Crippen LogP contribution < -0.4 is 4.74 Å². The number of carbonyl (C=O) groups is 1. The first-order valence-corrected chi connectivity index (χ1v) is 13.5. The molecule has 0 spiro atoms. The molecule has 0 saturated carbocycles. The van der Waals surface area contributed by atoms with E-state index in [0.29, 0.717) is 38.6 Å². The molecule has 2 heterocycles. The van der Waals surface area contributed by atoms with Gasteiger partial charge in [-0.05, 0) is 55.7 Å². The third-order valence-corrected chi connectivity index (χ3v) is 7.22. The van der Waals surface area contributed by atoms with Gasteiger partial charge >= 0.3 is 5.97 Å². The molecule has 0 unspecified atom stereocenters. The molecule has 8 heteroatoms. The van der Waals surface area contributed by atoms with E-state index in [1.165, 1.54) is 15.3 Å². The van der Waals surface area contributed by atoms with E-state index in [4.69, 9.17) is 23.5 Å². The highest BCUT2D eigenvalue weighted by atomic mass is 32.1. The number of ether oxygens (including phenoxy) is 4. The van der Waals surface area contributed by atoms with Gasteiger partial charge < -0.3 is 23.5 Å². The number of carbonyl (C=O) groups excluding carboxylic acids is 1. The maximum absolute atomic E-state index is 12.1. The zero-order valence-corrected chi connectivity index (χ0v) is 23.0. The van der Waals surface area contributed by atoms with Gasteiger partial charge in [-0.2, -0.15) is 0 Å². The highest BCUT2D eigenvalue weighted by Gasteiger charge is 2.20. The van der Waals surface area contributed by atoms with Crippen LogP contribution >= 0.6 is 11.3 Å². The molecule has 0 aliphatic carbocycles. The average Bonchev–Trinajstić information content (AvgIpc) is 3.55. The van der Waals surface area contributed by atoms with E-state index in [0.717, 1.165) is 28.1 Å². The van der Waals surface area contributed by atoms with Crippen LogP contribution in [-0.2, 0) is 38.6 Å².